The second-order valence-electron chi connectivity index (χ2n) is 3.70. The van der Waals surface area contributed by atoms with E-state index in [0.29, 0.717) is 0 Å². The minimum atomic E-state index is -0.908. The summed E-state index contributed by atoms with van der Waals surface area (Å²) in [5.41, 5.74) is 0. The van der Waals surface area contributed by atoms with Crippen LogP contribution < -0.4 is 10.6 Å². The van der Waals surface area contributed by atoms with E-state index in [1.807, 2.05) is 60.7 Å². The van der Waals surface area contributed by atoms with E-state index in [9.17, 15) is 4.79 Å². The summed E-state index contributed by atoms with van der Waals surface area (Å²) < 4.78 is 0. The van der Waals surface area contributed by atoms with Crippen LogP contribution in [0.2, 0.25) is 0 Å². The molecule has 0 aromatic heterocycles. The summed E-state index contributed by atoms with van der Waals surface area (Å²) in [5, 5.41) is 11.1. The maximum absolute atomic E-state index is 10.7. The average Bonchev–Trinajstić information content (AvgIpc) is 2.41. The van der Waals surface area contributed by atoms with Gasteiger partial charge in [0.15, 0.2) is 0 Å². The molecule has 0 radical (unpaired) electrons. The van der Waals surface area contributed by atoms with Gasteiger partial charge >= 0.3 is 5.97 Å². The van der Waals surface area contributed by atoms with Gasteiger partial charge in [-0.2, -0.15) is 0 Å². The van der Waals surface area contributed by atoms with E-state index in [1.54, 1.807) is 5.82 Å². The lowest BCUT2D eigenvalue weighted by atomic mass is 10.4. The van der Waals surface area contributed by atoms with Gasteiger partial charge in [-0.15, -0.1) is 0 Å². The van der Waals surface area contributed by atoms with E-state index in [2.05, 4.69) is 0 Å². The molecule has 0 aliphatic carbocycles. The highest BCUT2D eigenvalue weighted by molar-refractivity contribution is 7.75. The van der Waals surface area contributed by atoms with E-state index >= 15 is 0 Å². The first kappa shape index (κ1) is 12.5. The SMILES string of the molecule is O=C(O)C=CP(c1ccccc1)c1ccccc1. The zero-order valence-electron chi connectivity index (χ0n) is 9.73. The highest BCUT2D eigenvalue weighted by atomic mass is 31.1. The first-order valence-corrected chi connectivity index (χ1v) is 6.99. The van der Waals surface area contributed by atoms with Gasteiger partial charge in [0, 0.05) is 6.08 Å². The number of aliphatic carboxylic acids is 1. The third kappa shape index (κ3) is 3.28. The van der Waals surface area contributed by atoms with E-state index in [-0.39, 0.29) is 0 Å². The molecule has 3 heteroatoms. The summed E-state index contributed by atoms with van der Waals surface area (Å²) in [6.07, 6.45) is 1.23. The maximum Gasteiger partial charge on any atom is 0.328 e. The minimum absolute atomic E-state index is 0.745. The van der Waals surface area contributed by atoms with Crippen LogP contribution in [-0.2, 0) is 4.79 Å². The Morgan fingerprint density at radius 1 is 0.889 bits per heavy atom. The molecule has 0 amide bonds. The molecular weight excluding hydrogens is 243 g/mol. The Morgan fingerprint density at radius 3 is 1.72 bits per heavy atom. The lowest BCUT2D eigenvalue weighted by Gasteiger charge is -2.13. The van der Waals surface area contributed by atoms with Gasteiger partial charge < -0.3 is 5.11 Å². The molecule has 1 N–H and O–H groups in total. The number of carbonyl (C=O) groups is 1. The van der Waals surface area contributed by atoms with E-state index in [4.69, 9.17) is 5.11 Å². The zero-order chi connectivity index (χ0) is 12.8. The zero-order valence-corrected chi connectivity index (χ0v) is 10.6. The lowest BCUT2D eigenvalue weighted by molar-refractivity contribution is -0.131. The normalized spacial score (nSPS) is 10.9. The quantitative estimate of drug-likeness (QED) is 0.674. The Hall–Kier alpha value is -1.92. The second-order valence-corrected chi connectivity index (χ2v) is 5.77. The monoisotopic (exact) mass is 256 g/mol. The van der Waals surface area contributed by atoms with Gasteiger partial charge in [-0.3, -0.25) is 0 Å². The number of carboxylic acid groups (broad SMARTS) is 1. The van der Waals surface area contributed by atoms with Crippen LogP contribution in [0.25, 0.3) is 0 Å². The topological polar surface area (TPSA) is 37.3 Å². The van der Waals surface area contributed by atoms with Crippen LogP contribution in [0.5, 0.6) is 0 Å². The lowest BCUT2D eigenvalue weighted by Crippen LogP contribution is -2.09. The Bertz CT molecular complexity index is 495. The molecule has 18 heavy (non-hydrogen) atoms. The Morgan fingerprint density at radius 2 is 1.33 bits per heavy atom. The van der Waals surface area contributed by atoms with Gasteiger partial charge in [-0.05, 0) is 24.3 Å². The van der Waals surface area contributed by atoms with Crippen molar-refractivity contribution >= 4 is 24.5 Å². The molecule has 0 bridgehead atoms. The molecule has 0 saturated heterocycles. The molecule has 0 aliphatic rings. The van der Waals surface area contributed by atoms with Crippen LogP contribution in [0.15, 0.2) is 72.6 Å². The average molecular weight is 256 g/mol. The fraction of sp³-hybridized carbons (Fsp3) is 0. The van der Waals surface area contributed by atoms with E-state index < -0.39 is 13.9 Å². The molecule has 0 spiro atoms. The number of hydrogen-bond acceptors (Lipinski definition) is 1. The van der Waals surface area contributed by atoms with Crippen molar-refractivity contribution in [2.45, 2.75) is 0 Å². The molecule has 0 saturated carbocycles. The summed E-state index contributed by atoms with van der Waals surface area (Å²) in [6.45, 7) is 0. The van der Waals surface area contributed by atoms with E-state index in [0.717, 1.165) is 10.6 Å². The maximum atomic E-state index is 10.7. The molecule has 0 heterocycles. The Labute approximate surface area is 107 Å². The van der Waals surface area contributed by atoms with Crippen LogP contribution in [0.1, 0.15) is 0 Å². The van der Waals surface area contributed by atoms with Gasteiger partial charge in [-0.1, -0.05) is 60.7 Å². The Balaban J connectivity index is 2.38. The van der Waals surface area contributed by atoms with Crippen LogP contribution in [0.3, 0.4) is 0 Å². The van der Waals surface area contributed by atoms with Crippen molar-refractivity contribution in [1.29, 1.82) is 0 Å². The predicted octanol–water partition coefficient (Wildman–Crippen LogP) is 2.72. The number of rotatable bonds is 4. The van der Waals surface area contributed by atoms with Crippen LogP contribution in [0, 0.1) is 0 Å². The van der Waals surface area contributed by atoms with Crippen molar-refractivity contribution in [3.05, 3.63) is 72.6 Å². The minimum Gasteiger partial charge on any atom is -0.478 e. The van der Waals surface area contributed by atoms with E-state index in [1.165, 1.54) is 6.08 Å². The van der Waals surface area contributed by atoms with Crippen molar-refractivity contribution in [3.63, 3.8) is 0 Å². The van der Waals surface area contributed by atoms with Crippen molar-refractivity contribution in [3.8, 4) is 0 Å². The molecule has 2 aromatic carbocycles. The van der Waals surface area contributed by atoms with Gasteiger partial charge in [0.1, 0.15) is 0 Å². The molecule has 2 nitrogen and oxygen atoms in total. The van der Waals surface area contributed by atoms with Crippen molar-refractivity contribution in [1.82, 2.24) is 0 Å². The predicted molar refractivity (Wildman–Crippen MR) is 75.8 cm³/mol. The summed E-state index contributed by atoms with van der Waals surface area (Å²) in [5.74, 6) is 0.872. The van der Waals surface area contributed by atoms with Gasteiger partial charge in [0.25, 0.3) is 0 Å². The molecule has 90 valence electrons. The van der Waals surface area contributed by atoms with Crippen molar-refractivity contribution < 1.29 is 9.90 Å². The molecule has 0 unspecified atom stereocenters. The molecule has 2 aromatic rings. The number of hydrogen-bond donors (Lipinski definition) is 1. The molecule has 2 rings (SSSR count). The fourth-order valence-electron chi connectivity index (χ4n) is 1.64. The first-order valence-electron chi connectivity index (χ1n) is 5.58. The summed E-state index contributed by atoms with van der Waals surface area (Å²) in [7, 11) is -0.745. The van der Waals surface area contributed by atoms with Crippen molar-refractivity contribution in [2.75, 3.05) is 0 Å². The third-order valence-corrected chi connectivity index (χ3v) is 4.59. The fourth-order valence-corrected chi connectivity index (χ4v) is 3.54. The highest BCUT2D eigenvalue weighted by Gasteiger charge is 2.09. The molecule has 0 fully saturated rings. The summed E-state index contributed by atoms with van der Waals surface area (Å²) >= 11 is 0. The van der Waals surface area contributed by atoms with Crippen LogP contribution >= 0.6 is 7.92 Å². The molecule has 0 atom stereocenters. The van der Waals surface area contributed by atoms with Gasteiger partial charge in [-0.25, -0.2) is 4.79 Å². The van der Waals surface area contributed by atoms with Crippen molar-refractivity contribution in [2.24, 2.45) is 0 Å². The largest absolute Gasteiger partial charge is 0.478 e. The molecule has 0 aliphatic heterocycles. The standard InChI is InChI=1S/C15H13O2P/c16-15(17)11-12-18(13-7-3-1-4-8-13)14-9-5-2-6-10-14/h1-12H,(H,16,17). The molecular formula is C15H13O2P. The highest BCUT2D eigenvalue weighted by Crippen LogP contribution is 2.34. The summed E-state index contributed by atoms with van der Waals surface area (Å²) in [6, 6.07) is 20.0. The van der Waals surface area contributed by atoms with Gasteiger partial charge in [0.2, 0.25) is 0 Å². The number of carboxylic acids is 1. The second kappa shape index (κ2) is 6.13. The smallest absolute Gasteiger partial charge is 0.328 e. The number of benzene rings is 2. The third-order valence-electron chi connectivity index (χ3n) is 2.43. The van der Waals surface area contributed by atoms with Crippen LogP contribution in [-0.4, -0.2) is 11.1 Å². The van der Waals surface area contributed by atoms with Gasteiger partial charge in [0.05, 0.1) is 0 Å². The summed E-state index contributed by atoms with van der Waals surface area (Å²) in [4.78, 5) is 10.7. The first-order chi connectivity index (χ1) is 8.77. The van der Waals surface area contributed by atoms with Crippen LogP contribution in [0.4, 0.5) is 0 Å². The Kier molecular flexibility index (Phi) is 4.27.